The van der Waals surface area contributed by atoms with Crippen molar-refractivity contribution in [3.05, 3.63) is 60.8 Å². The van der Waals surface area contributed by atoms with Gasteiger partial charge in [-0.1, -0.05) is 191 Å². The maximum Gasteiger partial charge on any atom is 0.335 e. The summed E-state index contributed by atoms with van der Waals surface area (Å²) in [6.45, 7) is 5.80. The van der Waals surface area contributed by atoms with Gasteiger partial charge in [0.2, 0.25) is 0 Å². The number of ether oxygens (including phenoxy) is 5. The number of aliphatic hydroxyl groups is 2. The number of unbranched alkanes of at least 4 members (excludes halogenated alkanes) is 21. The Kier molecular flexibility index (Phi) is 41.9. The molecule has 12 heteroatoms. The number of carboxylic acid groups (broad SMARTS) is 1. The van der Waals surface area contributed by atoms with Crippen LogP contribution in [0, 0.1) is 0 Å². The van der Waals surface area contributed by atoms with Crippen molar-refractivity contribution in [1.82, 2.24) is 0 Å². The fraction of sp³-hybridized carbons (Fsp3) is 0.754. The molecule has 0 aromatic heterocycles. The summed E-state index contributed by atoms with van der Waals surface area (Å²) < 4.78 is 28.3. The van der Waals surface area contributed by atoms with E-state index >= 15 is 0 Å². The van der Waals surface area contributed by atoms with E-state index in [-0.39, 0.29) is 25.9 Å². The van der Waals surface area contributed by atoms with E-state index < -0.39 is 67.3 Å². The second-order valence-electron chi connectivity index (χ2n) is 18.5. The fourth-order valence-corrected chi connectivity index (χ4v) is 7.87. The Morgan fingerprint density at radius 3 is 1.45 bits per heavy atom. The highest BCUT2D eigenvalue weighted by Crippen LogP contribution is 2.26. The molecule has 1 heterocycles. The number of carbonyl (C=O) groups is 4. The first-order valence-electron chi connectivity index (χ1n) is 27.3. The Bertz CT molecular complexity index is 1440. The quantitative estimate of drug-likeness (QED) is 0.0228. The summed E-state index contributed by atoms with van der Waals surface area (Å²) in [6, 6.07) is 0. The summed E-state index contributed by atoms with van der Waals surface area (Å²) >= 11 is 0. The van der Waals surface area contributed by atoms with E-state index in [2.05, 4.69) is 81.5 Å². The molecule has 0 aromatic rings. The largest absolute Gasteiger partial charge is 0.479 e. The lowest BCUT2D eigenvalue weighted by Crippen LogP contribution is -2.61. The van der Waals surface area contributed by atoms with Crippen LogP contribution in [0.2, 0.25) is 0 Å². The van der Waals surface area contributed by atoms with Crippen molar-refractivity contribution >= 4 is 23.9 Å². The molecule has 1 rings (SSSR count). The van der Waals surface area contributed by atoms with Crippen molar-refractivity contribution in [2.75, 3.05) is 13.2 Å². The van der Waals surface area contributed by atoms with Crippen LogP contribution in [0.25, 0.3) is 0 Å². The first-order chi connectivity index (χ1) is 33.6. The zero-order valence-corrected chi connectivity index (χ0v) is 43.3. The van der Waals surface area contributed by atoms with Crippen molar-refractivity contribution in [1.29, 1.82) is 0 Å². The number of aliphatic hydroxyl groups excluding tert-OH is 2. The highest BCUT2D eigenvalue weighted by atomic mass is 16.7. The average Bonchev–Trinajstić information content (AvgIpc) is 3.33. The molecule has 12 nitrogen and oxygen atoms in total. The molecule has 0 radical (unpaired) electrons. The molecule has 0 saturated carbocycles. The fourth-order valence-electron chi connectivity index (χ4n) is 7.87. The number of carbonyl (C=O) groups excluding carboxylic acids is 3. The third-order valence-corrected chi connectivity index (χ3v) is 12.1. The molecule has 0 bridgehead atoms. The van der Waals surface area contributed by atoms with Crippen molar-refractivity contribution in [2.24, 2.45) is 0 Å². The summed E-state index contributed by atoms with van der Waals surface area (Å²) in [5, 5.41) is 31.4. The van der Waals surface area contributed by atoms with Crippen molar-refractivity contribution in [2.45, 2.75) is 263 Å². The third kappa shape index (κ3) is 36.1. The summed E-state index contributed by atoms with van der Waals surface area (Å²) in [5.74, 6) is -3.16. The Labute approximate surface area is 417 Å². The molecular formula is C57H96O12. The van der Waals surface area contributed by atoms with Crippen molar-refractivity contribution < 1.29 is 58.2 Å². The van der Waals surface area contributed by atoms with E-state index in [9.17, 15) is 34.5 Å². The molecule has 1 fully saturated rings. The van der Waals surface area contributed by atoms with Gasteiger partial charge in [0, 0.05) is 19.3 Å². The van der Waals surface area contributed by atoms with Crippen LogP contribution >= 0.6 is 0 Å². The second-order valence-corrected chi connectivity index (χ2v) is 18.5. The molecule has 0 aliphatic carbocycles. The van der Waals surface area contributed by atoms with E-state index in [1.54, 1.807) is 0 Å². The topological polar surface area (TPSA) is 175 Å². The van der Waals surface area contributed by atoms with Gasteiger partial charge in [0.15, 0.2) is 24.6 Å². The van der Waals surface area contributed by atoms with Crippen LogP contribution in [-0.2, 0) is 42.9 Å². The van der Waals surface area contributed by atoms with Gasteiger partial charge in [0.05, 0.1) is 6.61 Å². The summed E-state index contributed by atoms with van der Waals surface area (Å²) in [6.07, 6.45) is 42.0. The molecule has 1 saturated heterocycles. The monoisotopic (exact) mass is 973 g/mol. The Morgan fingerprint density at radius 2 is 0.928 bits per heavy atom. The molecule has 69 heavy (non-hydrogen) atoms. The molecule has 1 aliphatic rings. The minimum Gasteiger partial charge on any atom is -0.479 e. The van der Waals surface area contributed by atoms with E-state index in [1.165, 1.54) is 57.8 Å². The normalized spacial score (nSPS) is 19.1. The van der Waals surface area contributed by atoms with Crippen molar-refractivity contribution in [3.63, 3.8) is 0 Å². The van der Waals surface area contributed by atoms with Crippen LogP contribution in [0.4, 0.5) is 0 Å². The molecular weight excluding hydrogens is 877 g/mol. The minimum atomic E-state index is -1.91. The van der Waals surface area contributed by atoms with E-state index in [0.717, 1.165) is 109 Å². The molecule has 0 aromatic carbocycles. The van der Waals surface area contributed by atoms with E-state index in [0.29, 0.717) is 19.3 Å². The summed E-state index contributed by atoms with van der Waals surface area (Å²) in [7, 11) is 0. The minimum absolute atomic E-state index is 0.0318. The number of hydrogen-bond acceptors (Lipinski definition) is 11. The lowest BCUT2D eigenvalue weighted by Gasteiger charge is -2.40. The average molecular weight is 973 g/mol. The zero-order valence-electron chi connectivity index (χ0n) is 43.3. The third-order valence-electron chi connectivity index (χ3n) is 12.1. The van der Waals surface area contributed by atoms with Crippen LogP contribution in [0.1, 0.15) is 226 Å². The number of allylic oxidation sites excluding steroid dienone is 10. The highest BCUT2D eigenvalue weighted by Gasteiger charge is 2.50. The van der Waals surface area contributed by atoms with Crippen LogP contribution in [-0.4, -0.2) is 89.2 Å². The Hall–Kier alpha value is -3.58. The Morgan fingerprint density at radius 1 is 0.493 bits per heavy atom. The SMILES string of the molecule is CC/C=C\C/C=C\C/C=C\C/C=C\CCCCCCC(=O)OC1C(OCC(COC(=O)CCCCCCC/C=C\CCCC)OC(=O)CCCCCCCCCCCCC)OC(C(=O)O)C(O)C1O. The van der Waals surface area contributed by atoms with E-state index in [4.69, 9.17) is 23.7 Å². The van der Waals surface area contributed by atoms with Gasteiger partial charge in [-0.3, -0.25) is 14.4 Å². The van der Waals surface area contributed by atoms with Gasteiger partial charge in [-0.15, -0.1) is 0 Å². The smallest absolute Gasteiger partial charge is 0.335 e. The summed E-state index contributed by atoms with van der Waals surface area (Å²) in [5.41, 5.74) is 0. The van der Waals surface area contributed by atoms with Gasteiger partial charge in [-0.05, 0) is 77.0 Å². The first kappa shape index (κ1) is 63.4. The molecule has 0 spiro atoms. The number of esters is 3. The van der Waals surface area contributed by atoms with Crippen LogP contribution in [0.5, 0.6) is 0 Å². The van der Waals surface area contributed by atoms with E-state index in [1.807, 2.05) is 0 Å². The Balaban J connectivity index is 2.72. The first-order valence-corrected chi connectivity index (χ1v) is 27.3. The van der Waals surface area contributed by atoms with Crippen molar-refractivity contribution in [3.8, 4) is 0 Å². The van der Waals surface area contributed by atoms with Gasteiger partial charge >= 0.3 is 23.9 Å². The number of rotatable bonds is 45. The molecule has 6 unspecified atom stereocenters. The lowest BCUT2D eigenvalue weighted by atomic mass is 9.98. The maximum atomic E-state index is 13.1. The van der Waals surface area contributed by atoms with Gasteiger partial charge in [-0.2, -0.15) is 0 Å². The van der Waals surface area contributed by atoms with Crippen LogP contribution in [0.15, 0.2) is 60.8 Å². The number of aliphatic carboxylic acids is 1. The number of carboxylic acids is 1. The molecule has 396 valence electrons. The predicted octanol–water partition coefficient (Wildman–Crippen LogP) is 13.2. The van der Waals surface area contributed by atoms with Gasteiger partial charge in [-0.25, -0.2) is 4.79 Å². The predicted molar refractivity (Wildman–Crippen MR) is 275 cm³/mol. The molecule has 1 aliphatic heterocycles. The van der Waals surface area contributed by atoms with Crippen LogP contribution < -0.4 is 0 Å². The zero-order chi connectivity index (χ0) is 50.4. The van der Waals surface area contributed by atoms with Gasteiger partial charge in [0.25, 0.3) is 0 Å². The lowest BCUT2D eigenvalue weighted by molar-refractivity contribution is -0.301. The van der Waals surface area contributed by atoms with Gasteiger partial charge in [0.1, 0.15) is 18.8 Å². The molecule has 0 amide bonds. The second kappa shape index (κ2) is 45.6. The highest BCUT2D eigenvalue weighted by molar-refractivity contribution is 5.74. The molecule has 6 atom stereocenters. The van der Waals surface area contributed by atoms with Gasteiger partial charge < -0.3 is 39.0 Å². The molecule has 3 N–H and O–H groups in total. The number of hydrogen-bond donors (Lipinski definition) is 3. The summed E-state index contributed by atoms with van der Waals surface area (Å²) in [4.78, 5) is 50.9. The van der Waals surface area contributed by atoms with Crippen LogP contribution in [0.3, 0.4) is 0 Å². The maximum absolute atomic E-state index is 13.1. The standard InChI is InChI=1S/C57H96O12/c1-4-7-10-13-16-19-22-23-24-25-26-27-30-33-36-39-42-45-51(60)68-55-53(62)52(61)54(56(63)64)69-57(55)66-47-48(67-50(59)44-41-38-35-32-29-21-18-15-12-9-6-3)46-65-49(58)43-40-37-34-31-28-20-17-14-11-8-5-2/h7,10,14,16-17,19,23-24,26-27,48,52-55,57,61-62H,4-6,8-9,11-13,15,18,20-22,25,28-47H2,1-3H3,(H,63,64)/b10-7-,17-14-,19-16-,24-23-,27-26-.